The zero-order chi connectivity index (χ0) is 29.3. The molecule has 42 heavy (non-hydrogen) atoms. The van der Waals surface area contributed by atoms with Gasteiger partial charge in [-0.25, -0.2) is 20.0 Å². The number of hydrogen-bond acceptors (Lipinski definition) is 7. The number of H-pyrrole nitrogens is 1. The molecule has 4 N–H and O–H groups in total. The minimum Gasteiger partial charge on any atom is -0.361 e. The van der Waals surface area contributed by atoms with Crippen LogP contribution in [0, 0.1) is 6.92 Å². The van der Waals surface area contributed by atoms with E-state index in [0.29, 0.717) is 29.4 Å². The fraction of sp³-hybridized carbons (Fsp3) is 0.200. The molecule has 0 unspecified atom stereocenters. The second kappa shape index (κ2) is 11.1. The maximum Gasteiger partial charge on any atom is 0.416 e. The third kappa shape index (κ3) is 6.18. The molecule has 6 rings (SSSR count). The summed E-state index contributed by atoms with van der Waals surface area (Å²) in [4.78, 5) is 29.0. The number of aromatic amines is 1. The topological polar surface area (TPSA) is 111 Å². The number of benzene rings is 1. The minimum atomic E-state index is -4.46. The number of anilines is 3. The number of carbonyl (C=O) groups excluding carboxylic acids is 1. The Hall–Kier alpha value is -4.97. The Morgan fingerprint density at radius 3 is 2.69 bits per heavy atom. The molecule has 0 saturated carbocycles. The number of carbonyl (C=O) groups is 1. The molecule has 1 atom stereocenters. The van der Waals surface area contributed by atoms with E-state index in [9.17, 15) is 18.0 Å². The fourth-order valence-electron chi connectivity index (χ4n) is 4.90. The highest BCUT2D eigenvalue weighted by Crippen LogP contribution is 2.31. The highest BCUT2D eigenvalue weighted by atomic mass is 19.4. The molecule has 0 spiro atoms. The van der Waals surface area contributed by atoms with Crippen LogP contribution in [0.2, 0.25) is 0 Å². The number of alkyl halides is 3. The van der Waals surface area contributed by atoms with E-state index in [2.05, 4.69) is 36.0 Å². The van der Waals surface area contributed by atoms with E-state index in [1.807, 2.05) is 60.6 Å². The van der Waals surface area contributed by atoms with Gasteiger partial charge in [-0.15, -0.1) is 0 Å². The quantitative estimate of drug-likeness (QED) is 0.192. The fourth-order valence-corrected chi connectivity index (χ4v) is 4.90. The molecule has 0 radical (unpaired) electrons. The summed E-state index contributed by atoms with van der Waals surface area (Å²) >= 11 is 0. The van der Waals surface area contributed by atoms with Gasteiger partial charge in [0.2, 0.25) is 0 Å². The second-order valence-electron chi connectivity index (χ2n) is 10.2. The summed E-state index contributed by atoms with van der Waals surface area (Å²) in [5.41, 5.74) is 6.27. The van der Waals surface area contributed by atoms with Crippen LogP contribution in [0.15, 0.2) is 79.3 Å². The van der Waals surface area contributed by atoms with E-state index in [0.717, 1.165) is 53.3 Å². The van der Waals surface area contributed by atoms with Crippen LogP contribution in [-0.2, 0) is 6.18 Å². The van der Waals surface area contributed by atoms with Gasteiger partial charge in [-0.3, -0.25) is 4.79 Å². The van der Waals surface area contributed by atoms with Crippen LogP contribution in [0.4, 0.5) is 30.6 Å². The molecule has 5 heterocycles. The Morgan fingerprint density at radius 2 is 1.88 bits per heavy atom. The Bertz CT molecular complexity index is 1740. The van der Waals surface area contributed by atoms with Gasteiger partial charge in [-0.05, 0) is 78.9 Å². The van der Waals surface area contributed by atoms with Crippen LogP contribution in [0.1, 0.15) is 27.9 Å². The second-order valence-corrected chi connectivity index (χ2v) is 10.2. The lowest BCUT2D eigenvalue weighted by Gasteiger charge is -2.18. The van der Waals surface area contributed by atoms with Gasteiger partial charge in [0.15, 0.2) is 0 Å². The zero-order valence-electron chi connectivity index (χ0n) is 22.5. The van der Waals surface area contributed by atoms with Gasteiger partial charge in [0, 0.05) is 54.4 Å². The van der Waals surface area contributed by atoms with Crippen molar-refractivity contribution in [3.63, 3.8) is 0 Å². The number of hydrazine groups is 1. The summed E-state index contributed by atoms with van der Waals surface area (Å²) in [5, 5.41) is 9.05. The first-order chi connectivity index (χ1) is 20.2. The Morgan fingerprint density at radius 1 is 1.00 bits per heavy atom. The first kappa shape index (κ1) is 27.2. The van der Waals surface area contributed by atoms with Crippen molar-refractivity contribution in [3.05, 3.63) is 95.9 Å². The molecular weight excluding hydrogens is 545 g/mol. The highest BCUT2D eigenvalue weighted by molar-refractivity contribution is 5.98. The molecule has 1 saturated heterocycles. The molecule has 0 aliphatic carbocycles. The average Bonchev–Trinajstić information content (AvgIpc) is 3.61. The standard InChI is InChI=1S/C30H27F3N8O/c1-18-12-25(38-28(13-18)39-27-15-22(7-10-35-27)30(31,32)33)21-4-5-26(36-16-21)40-41-11-8-23(17-41)37-29(42)20-3-2-19-6-9-34-24(19)14-20/h2-7,9-10,12-16,23,34H,8,11,17H2,1H3,(H,36,40)(H,37,42)(H,35,38,39)/t23-/m1/s1. The van der Waals surface area contributed by atoms with Gasteiger partial charge in [-0.1, -0.05) is 6.07 Å². The number of amides is 1. The molecule has 1 fully saturated rings. The van der Waals surface area contributed by atoms with Gasteiger partial charge in [0.05, 0.1) is 11.3 Å². The number of halogens is 3. The minimum absolute atomic E-state index is 0.00246. The predicted molar refractivity (Wildman–Crippen MR) is 154 cm³/mol. The predicted octanol–water partition coefficient (Wildman–Crippen LogP) is 5.92. The number of aryl methyl sites for hydroxylation is 1. The Kier molecular flexibility index (Phi) is 7.21. The summed E-state index contributed by atoms with van der Waals surface area (Å²) in [5.74, 6) is 0.955. The number of pyridine rings is 3. The van der Waals surface area contributed by atoms with Crippen molar-refractivity contribution in [1.29, 1.82) is 0 Å². The maximum absolute atomic E-state index is 13.1. The Balaban J connectivity index is 1.07. The molecule has 1 aliphatic rings. The van der Waals surface area contributed by atoms with E-state index >= 15 is 0 Å². The average molecular weight is 573 g/mol. The van der Waals surface area contributed by atoms with E-state index in [-0.39, 0.29) is 17.8 Å². The summed E-state index contributed by atoms with van der Waals surface area (Å²) in [7, 11) is 0. The molecule has 1 aromatic carbocycles. The van der Waals surface area contributed by atoms with Gasteiger partial charge in [-0.2, -0.15) is 13.2 Å². The SMILES string of the molecule is Cc1cc(Nc2cc(C(F)(F)F)ccn2)nc(-c2ccc(NN3CC[C@@H](NC(=O)c4ccc5cc[nH]c5c4)C3)nc2)c1. The van der Waals surface area contributed by atoms with Crippen molar-refractivity contribution >= 4 is 34.3 Å². The van der Waals surface area contributed by atoms with Crippen molar-refractivity contribution in [2.24, 2.45) is 0 Å². The molecule has 214 valence electrons. The zero-order valence-corrected chi connectivity index (χ0v) is 22.5. The van der Waals surface area contributed by atoms with Crippen LogP contribution in [-0.4, -0.2) is 50.0 Å². The first-order valence-corrected chi connectivity index (χ1v) is 13.3. The number of hydrogen-bond donors (Lipinski definition) is 4. The summed E-state index contributed by atoms with van der Waals surface area (Å²) in [6, 6.07) is 16.7. The molecular formula is C30H27F3N8O. The third-order valence-corrected chi connectivity index (χ3v) is 6.99. The molecule has 12 heteroatoms. The maximum atomic E-state index is 13.1. The molecule has 1 aliphatic heterocycles. The number of nitrogens with zero attached hydrogens (tertiary/aromatic N) is 4. The molecule has 1 amide bonds. The van der Waals surface area contributed by atoms with Gasteiger partial charge >= 0.3 is 6.18 Å². The van der Waals surface area contributed by atoms with E-state index in [1.165, 1.54) is 0 Å². The smallest absolute Gasteiger partial charge is 0.361 e. The normalized spacial score (nSPS) is 15.6. The molecule has 4 aromatic heterocycles. The highest BCUT2D eigenvalue weighted by Gasteiger charge is 2.30. The summed E-state index contributed by atoms with van der Waals surface area (Å²) in [6.45, 7) is 3.24. The van der Waals surface area contributed by atoms with Gasteiger partial charge < -0.3 is 21.0 Å². The van der Waals surface area contributed by atoms with Crippen LogP contribution >= 0.6 is 0 Å². The monoisotopic (exact) mass is 572 g/mol. The van der Waals surface area contributed by atoms with Crippen molar-refractivity contribution < 1.29 is 18.0 Å². The van der Waals surface area contributed by atoms with Crippen molar-refractivity contribution in [1.82, 2.24) is 30.3 Å². The first-order valence-electron chi connectivity index (χ1n) is 13.3. The van der Waals surface area contributed by atoms with Gasteiger partial charge in [0.1, 0.15) is 17.5 Å². The third-order valence-electron chi connectivity index (χ3n) is 6.99. The van der Waals surface area contributed by atoms with Gasteiger partial charge in [0.25, 0.3) is 5.91 Å². The summed E-state index contributed by atoms with van der Waals surface area (Å²) in [6.07, 6.45) is 0.973. The van der Waals surface area contributed by atoms with Crippen LogP contribution in [0.5, 0.6) is 0 Å². The molecule has 9 nitrogen and oxygen atoms in total. The molecule has 0 bridgehead atoms. The van der Waals surface area contributed by atoms with E-state index < -0.39 is 11.7 Å². The van der Waals surface area contributed by atoms with Crippen molar-refractivity contribution in [3.8, 4) is 11.3 Å². The lowest BCUT2D eigenvalue weighted by Crippen LogP contribution is -2.38. The Labute approximate surface area is 239 Å². The lowest BCUT2D eigenvalue weighted by atomic mass is 10.1. The van der Waals surface area contributed by atoms with E-state index in [4.69, 9.17) is 0 Å². The number of nitrogens with one attached hydrogen (secondary N) is 4. The largest absolute Gasteiger partial charge is 0.416 e. The van der Waals surface area contributed by atoms with E-state index in [1.54, 1.807) is 12.3 Å². The van der Waals surface area contributed by atoms with Crippen molar-refractivity contribution in [2.45, 2.75) is 25.6 Å². The van der Waals surface area contributed by atoms with Crippen LogP contribution in [0.25, 0.3) is 22.2 Å². The number of rotatable bonds is 7. The number of aromatic nitrogens is 4. The van der Waals surface area contributed by atoms with Crippen molar-refractivity contribution in [2.75, 3.05) is 23.8 Å². The lowest BCUT2D eigenvalue weighted by molar-refractivity contribution is -0.137. The van der Waals surface area contributed by atoms with Crippen LogP contribution < -0.4 is 16.1 Å². The number of fused-ring (bicyclic) bond motifs is 1. The summed E-state index contributed by atoms with van der Waals surface area (Å²) < 4.78 is 39.2. The molecule has 5 aromatic rings. The van der Waals surface area contributed by atoms with Crippen LogP contribution in [0.3, 0.4) is 0 Å².